The number of rotatable bonds is 15. The molecule has 0 nitrogen and oxygen atoms in total. The van der Waals surface area contributed by atoms with Gasteiger partial charge in [0.05, 0.1) is 0 Å². The second-order valence-corrected chi connectivity index (χ2v) is 46.1. The predicted molar refractivity (Wildman–Crippen MR) is 310 cm³/mol. The van der Waals surface area contributed by atoms with Gasteiger partial charge in [0, 0.05) is 0 Å². The van der Waals surface area contributed by atoms with Gasteiger partial charge in [-0.2, -0.15) is 0 Å². The quantitative estimate of drug-likeness (QED) is 0.0898. The fourth-order valence-electron chi connectivity index (χ4n) is 13.0. The molecule has 0 fully saturated rings. The predicted octanol–water partition coefficient (Wildman–Crippen LogP) is 17.7. The van der Waals surface area contributed by atoms with Crippen molar-refractivity contribution in [3.8, 4) is 33.4 Å². The first kappa shape index (κ1) is 51.4. The van der Waals surface area contributed by atoms with E-state index in [-0.39, 0.29) is 7.25 Å². The molecule has 365 valence electrons. The first-order valence-electron chi connectivity index (χ1n) is 27.1. The van der Waals surface area contributed by atoms with E-state index in [0.29, 0.717) is 35.5 Å². The molecule has 2 aliphatic carbocycles. The van der Waals surface area contributed by atoms with Crippen LogP contribution >= 0.6 is 17.0 Å². The van der Waals surface area contributed by atoms with Crippen molar-refractivity contribution in [2.24, 2.45) is 11.8 Å². The van der Waals surface area contributed by atoms with Crippen molar-refractivity contribution in [2.75, 3.05) is 0 Å². The van der Waals surface area contributed by atoms with E-state index in [4.69, 9.17) is 0 Å². The van der Waals surface area contributed by atoms with Crippen LogP contribution in [0.15, 0.2) is 114 Å². The van der Waals surface area contributed by atoms with Crippen LogP contribution in [0.3, 0.4) is 0 Å². The Labute approximate surface area is 433 Å². The third-order valence-corrected chi connectivity index (χ3v) is 39.2. The van der Waals surface area contributed by atoms with Gasteiger partial charge < -0.3 is 0 Å². The van der Waals surface area contributed by atoms with Crippen molar-refractivity contribution >= 4 is 52.3 Å². The van der Waals surface area contributed by atoms with Crippen molar-refractivity contribution < 1.29 is 16.4 Å². The third-order valence-electron chi connectivity index (χ3n) is 16.4. The summed E-state index contributed by atoms with van der Waals surface area (Å²) in [6, 6.07) is 41.1. The molecule has 0 amide bonds. The number of halogens is 2. The van der Waals surface area contributed by atoms with E-state index in [1.807, 2.05) is 0 Å². The van der Waals surface area contributed by atoms with Crippen LogP contribution < -0.4 is 13.6 Å². The second kappa shape index (κ2) is 19.7. The molecule has 70 heavy (non-hydrogen) atoms. The van der Waals surface area contributed by atoms with Gasteiger partial charge in [0.25, 0.3) is 0 Å². The van der Waals surface area contributed by atoms with Gasteiger partial charge in [-0.3, -0.25) is 0 Å². The van der Waals surface area contributed by atoms with E-state index in [1.165, 1.54) is 114 Å². The molecule has 4 heteroatoms. The molecule has 2 unspecified atom stereocenters. The Bertz CT molecular complexity index is 2860. The summed E-state index contributed by atoms with van der Waals surface area (Å²) in [7, 11) is 18.5. The van der Waals surface area contributed by atoms with Crippen molar-refractivity contribution in [1.29, 1.82) is 0 Å². The Morgan fingerprint density at radius 1 is 0.486 bits per heavy atom. The zero-order valence-corrected chi connectivity index (χ0v) is 50.3. The fraction of sp³-hybridized carbons (Fsp3) is 0.394. The van der Waals surface area contributed by atoms with Gasteiger partial charge in [-0.05, 0) is 0 Å². The van der Waals surface area contributed by atoms with Crippen LogP contribution in [0.2, 0.25) is 0 Å². The van der Waals surface area contributed by atoms with Gasteiger partial charge in [0.2, 0.25) is 0 Å². The SMILES string of the molecule is CCc1ccc2c(c1-c1cc(C(C)C)cc(C(C)C)c1)C=C(CC(C)C)[CH]2[Zr]([Cl])([Cl])([c]1cccc2c1[SiH2]c1ccccc1-2)[CH]1C(CC(C)C)=Cc2c1ccc(CC)c2-c1cc(C(C)C)cc(C(C)C)c1. The molecular formula is C66H79Cl2SiZr. The molecule has 9 rings (SSSR count). The van der Waals surface area contributed by atoms with E-state index >= 15 is 0 Å². The zero-order chi connectivity index (χ0) is 50.2. The number of fused-ring (bicyclic) bond motifs is 5. The maximum atomic E-state index is 9.70. The van der Waals surface area contributed by atoms with E-state index < -0.39 is 25.9 Å². The van der Waals surface area contributed by atoms with E-state index in [1.54, 1.807) is 0 Å². The van der Waals surface area contributed by atoms with E-state index in [9.17, 15) is 17.0 Å². The summed E-state index contributed by atoms with van der Waals surface area (Å²) >= 11 is -5.82. The standard InChI is InChI=1S/2C27H35.C12H9Si.2ClH.Zr/c2*1-8-21-9-10-22-12-20(11-17(2)3)13-26(22)27(21)25-15-23(18(4)5)14-24(16-25)19(6)7;1-3-7-11-9(5-1)10-6-2-4-8-12(10)13-11;;;/h2*9-10,12-19H,8,11H2,1-7H3;1-7H,13H2;2*1H;/q;;;;;+2/p-2. The first-order chi connectivity index (χ1) is 33.2. The van der Waals surface area contributed by atoms with Crippen LogP contribution in [0.4, 0.5) is 0 Å². The molecular weight excluding hydrogens is 983 g/mol. The molecule has 3 aliphatic rings. The Morgan fingerprint density at radius 2 is 0.900 bits per heavy atom. The van der Waals surface area contributed by atoms with Crippen molar-refractivity contribution in [1.82, 2.24) is 0 Å². The van der Waals surface area contributed by atoms with Gasteiger partial charge in [-0.1, -0.05) is 0 Å². The Balaban J connectivity index is 1.41. The molecule has 0 radical (unpaired) electrons. The molecule has 1 heterocycles. The Kier molecular flexibility index (Phi) is 14.5. The van der Waals surface area contributed by atoms with Crippen molar-refractivity contribution in [3.63, 3.8) is 0 Å². The van der Waals surface area contributed by atoms with Crippen LogP contribution in [-0.2, 0) is 29.2 Å². The zero-order valence-electron chi connectivity index (χ0n) is 44.9. The van der Waals surface area contributed by atoms with Crippen LogP contribution in [-0.4, -0.2) is 9.52 Å². The molecule has 0 aromatic heterocycles. The summed E-state index contributed by atoms with van der Waals surface area (Å²) in [5.41, 5.74) is 24.8. The van der Waals surface area contributed by atoms with Crippen LogP contribution in [0, 0.1) is 11.8 Å². The van der Waals surface area contributed by atoms with Gasteiger partial charge in [-0.15, -0.1) is 0 Å². The van der Waals surface area contributed by atoms with Crippen molar-refractivity contribution in [3.05, 3.63) is 170 Å². The number of aryl methyl sites for hydroxylation is 2. The minimum absolute atomic E-state index is 0.119. The van der Waals surface area contributed by atoms with Crippen LogP contribution in [0.25, 0.3) is 45.5 Å². The number of hydrogen-bond acceptors (Lipinski definition) is 0. The Morgan fingerprint density at radius 3 is 1.30 bits per heavy atom. The summed E-state index contributed by atoms with van der Waals surface area (Å²) in [6.45, 7) is 32.9. The third kappa shape index (κ3) is 8.84. The van der Waals surface area contributed by atoms with Crippen molar-refractivity contribution in [2.45, 2.75) is 154 Å². The number of hydrogen-bond donors (Lipinski definition) is 0. The molecule has 0 saturated heterocycles. The molecule has 0 bridgehead atoms. The first-order valence-corrected chi connectivity index (χ1v) is 38.9. The summed E-state index contributed by atoms with van der Waals surface area (Å²) in [6.07, 6.45) is 9.04. The van der Waals surface area contributed by atoms with E-state index in [0.717, 1.165) is 25.7 Å². The van der Waals surface area contributed by atoms with Gasteiger partial charge >= 0.3 is 437 Å². The number of benzene rings is 6. The number of allylic oxidation sites excluding steroid dienone is 2. The molecule has 0 spiro atoms. The van der Waals surface area contributed by atoms with Crippen LogP contribution in [0.5, 0.6) is 0 Å². The minimum atomic E-state index is -5.82. The molecule has 0 saturated carbocycles. The van der Waals surface area contributed by atoms with E-state index in [2.05, 4.69) is 212 Å². The molecule has 6 aromatic carbocycles. The van der Waals surface area contributed by atoms with Crippen LogP contribution in [0.1, 0.15) is 196 Å². The summed E-state index contributed by atoms with van der Waals surface area (Å²) in [4.78, 5) is 0. The maximum absolute atomic E-state index is 9.70. The average Bonchev–Trinajstić information content (AvgIpc) is 4.01. The average molecular weight is 1060 g/mol. The summed E-state index contributed by atoms with van der Waals surface area (Å²) in [5.74, 6) is 2.52. The van der Waals surface area contributed by atoms with Gasteiger partial charge in [0.1, 0.15) is 0 Å². The molecule has 6 aromatic rings. The summed E-state index contributed by atoms with van der Waals surface area (Å²) in [5, 5.41) is 2.99. The molecule has 1 aliphatic heterocycles. The Hall–Kier alpha value is -3.52. The second-order valence-electron chi connectivity index (χ2n) is 23.6. The summed E-state index contributed by atoms with van der Waals surface area (Å²) < 4.78 is 1.08. The molecule has 0 N–H and O–H groups in total. The van der Waals surface area contributed by atoms with Gasteiger partial charge in [-0.25, -0.2) is 0 Å². The molecule has 2 atom stereocenters. The fourth-order valence-corrected chi connectivity index (χ4v) is 40.8. The monoisotopic (exact) mass is 1060 g/mol. The normalized spacial score (nSPS) is 17.2. The van der Waals surface area contributed by atoms with Gasteiger partial charge in [0.15, 0.2) is 0 Å². The topological polar surface area (TPSA) is 0 Å².